The Morgan fingerprint density at radius 2 is 1.61 bits per heavy atom. The number of carboxylic acids is 1. The SMILES string of the molecule is CC(C)(F)C[C@@H](NC(=O)[C@@H](Cc1ccccc1)NC(=O)OC(C)(C)C)C(=O)O. The van der Waals surface area contributed by atoms with Gasteiger partial charge in [0.25, 0.3) is 0 Å². The third-order valence-corrected chi connectivity index (χ3v) is 3.59. The molecule has 0 aromatic heterocycles. The molecule has 0 aliphatic carbocycles. The molecule has 8 heteroatoms. The van der Waals surface area contributed by atoms with Crippen LogP contribution in [0, 0.1) is 0 Å². The lowest BCUT2D eigenvalue weighted by atomic mass is 9.99. The molecule has 28 heavy (non-hydrogen) atoms. The monoisotopic (exact) mass is 396 g/mol. The molecule has 0 heterocycles. The van der Waals surface area contributed by atoms with Crippen molar-refractivity contribution in [2.24, 2.45) is 0 Å². The minimum atomic E-state index is -1.79. The molecule has 0 aliphatic heterocycles. The molecule has 0 bridgehead atoms. The van der Waals surface area contributed by atoms with E-state index in [0.29, 0.717) is 0 Å². The normalized spacial score (nSPS) is 13.9. The van der Waals surface area contributed by atoms with Crippen molar-refractivity contribution in [2.75, 3.05) is 0 Å². The fourth-order valence-electron chi connectivity index (χ4n) is 2.47. The van der Waals surface area contributed by atoms with Crippen molar-refractivity contribution in [1.29, 1.82) is 0 Å². The molecule has 0 saturated heterocycles. The van der Waals surface area contributed by atoms with E-state index in [-0.39, 0.29) is 6.42 Å². The Hall–Kier alpha value is -2.64. The lowest BCUT2D eigenvalue weighted by molar-refractivity contribution is -0.143. The third kappa shape index (κ3) is 9.34. The maximum absolute atomic E-state index is 13.9. The Balaban J connectivity index is 2.96. The number of ether oxygens (including phenoxy) is 1. The van der Waals surface area contributed by atoms with Crippen LogP contribution in [0.2, 0.25) is 0 Å². The molecule has 7 nitrogen and oxygen atoms in total. The van der Waals surface area contributed by atoms with Crippen LogP contribution in [0.25, 0.3) is 0 Å². The number of benzene rings is 1. The number of hydrogen-bond donors (Lipinski definition) is 3. The van der Waals surface area contributed by atoms with Crippen LogP contribution in [0.5, 0.6) is 0 Å². The average Bonchev–Trinajstić information content (AvgIpc) is 2.51. The van der Waals surface area contributed by atoms with E-state index in [4.69, 9.17) is 4.74 Å². The minimum absolute atomic E-state index is 0.122. The number of carbonyl (C=O) groups is 3. The maximum atomic E-state index is 13.9. The molecule has 0 aliphatic rings. The van der Waals surface area contributed by atoms with Crippen molar-refractivity contribution < 1.29 is 28.6 Å². The summed E-state index contributed by atoms with van der Waals surface area (Å²) in [7, 11) is 0. The number of alkyl halides is 1. The van der Waals surface area contributed by atoms with E-state index < -0.39 is 47.7 Å². The van der Waals surface area contributed by atoms with Gasteiger partial charge in [0, 0.05) is 12.8 Å². The first-order valence-electron chi connectivity index (χ1n) is 9.02. The van der Waals surface area contributed by atoms with Gasteiger partial charge in [0.05, 0.1) is 0 Å². The predicted octanol–water partition coefficient (Wildman–Crippen LogP) is 2.83. The first-order valence-corrected chi connectivity index (χ1v) is 9.02. The predicted molar refractivity (Wildman–Crippen MR) is 103 cm³/mol. The lowest BCUT2D eigenvalue weighted by Crippen LogP contribution is -2.54. The summed E-state index contributed by atoms with van der Waals surface area (Å²) >= 11 is 0. The Morgan fingerprint density at radius 1 is 1.04 bits per heavy atom. The molecule has 2 atom stereocenters. The molecule has 1 aromatic rings. The van der Waals surface area contributed by atoms with Gasteiger partial charge in [0.1, 0.15) is 23.4 Å². The zero-order valence-electron chi connectivity index (χ0n) is 16.9. The zero-order chi connectivity index (χ0) is 21.5. The Labute approximate surface area is 164 Å². The van der Waals surface area contributed by atoms with Crippen LogP contribution in [0.1, 0.15) is 46.6 Å². The summed E-state index contributed by atoms with van der Waals surface area (Å²) in [5, 5.41) is 14.1. The fraction of sp³-hybridized carbons (Fsp3) is 0.550. The highest BCUT2D eigenvalue weighted by Crippen LogP contribution is 2.17. The number of nitrogens with one attached hydrogen (secondary N) is 2. The topological polar surface area (TPSA) is 105 Å². The summed E-state index contributed by atoms with van der Waals surface area (Å²) in [5.41, 5.74) is -1.79. The second-order valence-corrected chi connectivity index (χ2v) is 8.21. The van der Waals surface area contributed by atoms with Crippen LogP contribution in [0.3, 0.4) is 0 Å². The van der Waals surface area contributed by atoms with Gasteiger partial charge in [-0.3, -0.25) is 4.79 Å². The van der Waals surface area contributed by atoms with E-state index in [1.807, 2.05) is 6.07 Å². The lowest BCUT2D eigenvalue weighted by Gasteiger charge is -2.26. The van der Waals surface area contributed by atoms with Crippen molar-refractivity contribution in [3.05, 3.63) is 35.9 Å². The van der Waals surface area contributed by atoms with Crippen molar-refractivity contribution in [2.45, 2.75) is 70.8 Å². The zero-order valence-corrected chi connectivity index (χ0v) is 16.9. The highest BCUT2D eigenvalue weighted by atomic mass is 19.1. The van der Waals surface area contributed by atoms with Gasteiger partial charge in [-0.15, -0.1) is 0 Å². The highest BCUT2D eigenvalue weighted by molar-refractivity contribution is 5.89. The largest absolute Gasteiger partial charge is 0.480 e. The van der Waals surface area contributed by atoms with Crippen molar-refractivity contribution >= 4 is 18.0 Å². The van der Waals surface area contributed by atoms with Gasteiger partial charge in [-0.1, -0.05) is 30.3 Å². The number of aliphatic carboxylic acids is 1. The van der Waals surface area contributed by atoms with Crippen molar-refractivity contribution in [3.8, 4) is 0 Å². The van der Waals surface area contributed by atoms with E-state index in [0.717, 1.165) is 5.56 Å². The van der Waals surface area contributed by atoms with Crippen LogP contribution < -0.4 is 10.6 Å². The van der Waals surface area contributed by atoms with Gasteiger partial charge < -0.3 is 20.5 Å². The second-order valence-electron chi connectivity index (χ2n) is 8.21. The summed E-state index contributed by atoms with van der Waals surface area (Å²) in [4.78, 5) is 36.2. The standard InChI is InChI=1S/C20H29FN2O5/c1-19(2,3)28-18(27)23-14(11-13-9-7-6-8-10-13)16(24)22-15(17(25)26)12-20(4,5)21/h6-10,14-15H,11-12H2,1-5H3,(H,22,24)(H,23,27)(H,25,26)/t14-,15-/m1/s1. The van der Waals surface area contributed by atoms with Gasteiger partial charge in [-0.05, 0) is 40.2 Å². The Bertz CT molecular complexity index is 680. The third-order valence-electron chi connectivity index (χ3n) is 3.59. The molecule has 1 aromatic carbocycles. The van der Waals surface area contributed by atoms with Gasteiger partial charge in [0.2, 0.25) is 5.91 Å². The maximum Gasteiger partial charge on any atom is 0.408 e. The summed E-state index contributed by atoms with van der Waals surface area (Å²) < 4.78 is 19.1. The molecule has 1 rings (SSSR count). The van der Waals surface area contributed by atoms with Gasteiger partial charge >= 0.3 is 12.1 Å². The molecule has 0 spiro atoms. The number of amides is 2. The summed E-state index contributed by atoms with van der Waals surface area (Å²) in [5.74, 6) is -2.08. The summed E-state index contributed by atoms with van der Waals surface area (Å²) in [6.45, 7) is 7.51. The van der Waals surface area contributed by atoms with Gasteiger partial charge in [-0.2, -0.15) is 0 Å². The molecule has 2 amide bonds. The first kappa shape index (κ1) is 23.4. The van der Waals surface area contributed by atoms with Gasteiger partial charge in [-0.25, -0.2) is 14.0 Å². The molecule has 0 unspecified atom stereocenters. The first-order chi connectivity index (χ1) is 12.8. The number of hydrogen-bond acceptors (Lipinski definition) is 4. The fourth-order valence-corrected chi connectivity index (χ4v) is 2.47. The smallest absolute Gasteiger partial charge is 0.408 e. The number of rotatable bonds is 8. The molecular weight excluding hydrogens is 367 g/mol. The average molecular weight is 396 g/mol. The summed E-state index contributed by atoms with van der Waals surface area (Å²) in [6, 6.07) is 6.41. The van der Waals surface area contributed by atoms with Crippen molar-refractivity contribution in [1.82, 2.24) is 10.6 Å². The molecule has 156 valence electrons. The van der Waals surface area contributed by atoms with E-state index in [1.54, 1.807) is 45.0 Å². The van der Waals surface area contributed by atoms with E-state index in [9.17, 15) is 23.9 Å². The summed E-state index contributed by atoms with van der Waals surface area (Å²) in [6.07, 6.45) is -1.09. The van der Waals surface area contributed by atoms with Crippen LogP contribution in [-0.2, 0) is 20.7 Å². The van der Waals surface area contributed by atoms with Crippen LogP contribution in [0.15, 0.2) is 30.3 Å². The number of alkyl carbamates (subject to hydrolysis) is 1. The van der Waals surface area contributed by atoms with Crippen LogP contribution >= 0.6 is 0 Å². The van der Waals surface area contributed by atoms with Crippen LogP contribution in [0.4, 0.5) is 9.18 Å². The Kier molecular flexibility index (Phi) is 7.96. The van der Waals surface area contributed by atoms with Crippen LogP contribution in [-0.4, -0.2) is 46.4 Å². The second kappa shape index (κ2) is 9.52. The number of halogens is 1. The van der Waals surface area contributed by atoms with E-state index >= 15 is 0 Å². The molecule has 0 saturated carbocycles. The minimum Gasteiger partial charge on any atom is -0.480 e. The van der Waals surface area contributed by atoms with Crippen molar-refractivity contribution in [3.63, 3.8) is 0 Å². The van der Waals surface area contributed by atoms with Gasteiger partial charge in [0.15, 0.2) is 0 Å². The number of carbonyl (C=O) groups excluding carboxylic acids is 2. The molecule has 0 radical (unpaired) electrons. The molecule has 3 N–H and O–H groups in total. The van der Waals surface area contributed by atoms with E-state index in [2.05, 4.69) is 10.6 Å². The quantitative estimate of drug-likeness (QED) is 0.627. The molecule has 0 fully saturated rings. The molecular formula is C20H29FN2O5. The highest BCUT2D eigenvalue weighted by Gasteiger charge is 2.32. The Morgan fingerprint density at radius 3 is 2.07 bits per heavy atom. The number of carboxylic acid groups (broad SMARTS) is 1. The van der Waals surface area contributed by atoms with E-state index in [1.165, 1.54) is 13.8 Å².